The van der Waals surface area contributed by atoms with Gasteiger partial charge in [-0.05, 0) is 50.1 Å². The fourth-order valence-corrected chi connectivity index (χ4v) is 2.78. The number of carbonyl (C=O) groups is 2. The highest BCUT2D eigenvalue weighted by atomic mass is 79.9. The number of esters is 1. The van der Waals surface area contributed by atoms with E-state index in [2.05, 4.69) is 21.2 Å². The molecule has 24 heavy (non-hydrogen) atoms. The predicted octanol–water partition coefficient (Wildman–Crippen LogP) is 4.31. The van der Waals surface area contributed by atoms with Gasteiger partial charge in [0.05, 0.1) is 5.56 Å². The van der Waals surface area contributed by atoms with Gasteiger partial charge in [0.1, 0.15) is 5.82 Å². The van der Waals surface area contributed by atoms with Gasteiger partial charge in [-0.1, -0.05) is 33.6 Å². The predicted molar refractivity (Wildman–Crippen MR) is 93.7 cm³/mol. The summed E-state index contributed by atoms with van der Waals surface area (Å²) in [7, 11) is 0. The zero-order valence-corrected chi connectivity index (χ0v) is 15.2. The molecule has 0 saturated carbocycles. The van der Waals surface area contributed by atoms with Gasteiger partial charge in [0.2, 0.25) is 0 Å². The molecular formula is C18H17BrFNO3. The van der Waals surface area contributed by atoms with Crippen LogP contribution in [0.1, 0.15) is 27.0 Å². The number of rotatable bonds is 4. The number of hydrogen-bond donors (Lipinski definition) is 1. The largest absolute Gasteiger partial charge is 0.452 e. The Balaban J connectivity index is 2.01. The monoisotopic (exact) mass is 393 g/mol. The average molecular weight is 394 g/mol. The number of benzene rings is 2. The van der Waals surface area contributed by atoms with E-state index in [1.165, 1.54) is 12.1 Å². The summed E-state index contributed by atoms with van der Waals surface area (Å²) < 4.78 is 19.0. The molecule has 0 bridgehead atoms. The summed E-state index contributed by atoms with van der Waals surface area (Å²) in [5.74, 6) is -2.07. The molecule has 2 aromatic rings. The Bertz CT molecular complexity index is 782. The van der Waals surface area contributed by atoms with E-state index in [1.807, 2.05) is 32.9 Å². The molecule has 2 aromatic carbocycles. The number of halogens is 2. The second kappa shape index (κ2) is 7.57. The first-order chi connectivity index (χ1) is 11.3. The minimum absolute atomic E-state index is 0.222. The molecule has 0 radical (unpaired) electrons. The lowest BCUT2D eigenvalue weighted by molar-refractivity contribution is -0.119. The Hall–Kier alpha value is -2.21. The topological polar surface area (TPSA) is 55.4 Å². The lowest BCUT2D eigenvalue weighted by atomic mass is 10.1. The van der Waals surface area contributed by atoms with Crippen molar-refractivity contribution in [2.75, 3.05) is 11.9 Å². The van der Waals surface area contributed by atoms with E-state index < -0.39 is 24.3 Å². The SMILES string of the molecule is Cc1cc(C)c(NC(=O)COC(=O)c2cc(Br)ccc2F)c(C)c1. The molecule has 0 aliphatic carbocycles. The smallest absolute Gasteiger partial charge is 0.341 e. The lowest BCUT2D eigenvalue weighted by Crippen LogP contribution is -2.22. The molecule has 0 aliphatic rings. The molecule has 0 aromatic heterocycles. The molecule has 126 valence electrons. The third-order valence-corrected chi connectivity index (χ3v) is 3.92. The first-order valence-electron chi connectivity index (χ1n) is 7.28. The highest BCUT2D eigenvalue weighted by molar-refractivity contribution is 9.10. The van der Waals surface area contributed by atoms with Gasteiger partial charge < -0.3 is 10.1 Å². The molecule has 0 unspecified atom stereocenters. The second-order valence-electron chi connectivity index (χ2n) is 5.52. The zero-order valence-electron chi connectivity index (χ0n) is 13.6. The molecule has 0 fully saturated rings. The molecule has 2 rings (SSSR count). The quantitative estimate of drug-likeness (QED) is 0.787. The van der Waals surface area contributed by atoms with Crippen molar-refractivity contribution in [3.63, 3.8) is 0 Å². The van der Waals surface area contributed by atoms with Crippen LogP contribution in [-0.2, 0) is 9.53 Å². The number of amides is 1. The van der Waals surface area contributed by atoms with Crippen molar-refractivity contribution in [3.8, 4) is 0 Å². The van der Waals surface area contributed by atoms with Crippen LogP contribution >= 0.6 is 15.9 Å². The van der Waals surface area contributed by atoms with Gasteiger partial charge in [-0.15, -0.1) is 0 Å². The summed E-state index contributed by atoms with van der Waals surface area (Å²) in [4.78, 5) is 23.9. The van der Waals surface area contributed by atoms with Crippen molar-refractivity contribution in [1.29, 1.82) is 0 Å². The van der Waals surface area contributed by atoms with Crippen LogP contribution in [0.2, 0.25) is 0 Å². The maximum absolute atomic E-state index is 13.6. The van der Waals surface area contributed by atoms with E-state index in [-0.39, 0.29) is 5.56 Å². The van der Waals surface area contributed by atoms with Crippen LogP contribution in [0.25, 0.3) is 0 Å². The van der Waals surface area contributed by atoms with Crippen molar-refractivity contribution in [1.82, 2.24) is 0 Å². The Labute approximate surface area is 148 Å². The van der Waals surface area contributed by atoms with Gasteiger partial charge in [0, 0.05) is 10.2 Å². The van der Waals surface area contributed by atoms with Crippen LogP contribution in [0.3, 0.4) is 0 Å². The van der Waals surface area contributed by atoms with Crippen molar-refractivity contribution < 1.29 is 18.7 Å². The number of ether oxygens (including phenoxy) is 1. The number of anilines is 1. The van der Waals surface area contributed by atoms with Gasteiger partial charge in [0.15, 0.2) is 6.61 Å². The molecule has 1 N–H and O–H groups in total. The average Bonchev–Trinajstić information content (AvgIpc) is 2.50. The van der Waals surface area contributed by atoms with Crippen LogP contribution in [0.5, 0.6) is 0 Å². The fraction of sp³-hybridized carbons (Fsp3) is 0.222. The summed E-state index contributed by atoms with van der Waals surface area (Å²) in [5.41, 5.74) is 3.41. The van der Waals surface area contributed by atoms with Crippen molar-refractivity contribution >= 4 is 33.5 Å². The summed E-state index contributed by atoms with van der Waals surface area (Å²) in [6.07, 6.45) is 0. The summed E-state index contributed by atoms with van der Waals surface area (Å²) in [5, 5.41) is 2.72. The Morgan fingerprint density at radius 1 is 1.12 bits per heavy atom. The van der Waals surface area contributed by atoms with Gasteiger partial charge in [-0.25, -0.2) is 9.18 Å². The summed E-state index contributed by atoms with van der Waals surface area (Å²) in [6.45, 7) is 5.26. The Kier molecular flexibility index (Phi) is 5.72. The van der Waals surface area contributed by atoms with Crippen molar-refractivity contribution in [2.45, 2.75) is 20.8 Å². The zero-order chi connectivity index (χ0) is 17.9. The fourth-order valence-electron chi connectivity index (χ4n) is 2.42. The third-order valence-electron chi connectivity index (χ3n) is 3.42. The maximum atomic E-state index is 13.6. The standard InChI is InChI=1S/C18H17BrFNO3/c1-10-6-11(2)17(12(3)7-10)21-16(22)9-24-18(23)14-8-13(19)4-5-15(14)20/h4-8H,9H2,1-3H3,(H,21,22). The van der Waals surface area contributed by atoms with Gasteiger partial charge in [-0.3, -0.25) is 4.79 Å². The Morgan fingerprint density at radius 2 is 1.75 bits per heavy atom. The normalized spacial score (nSPS) is 10.4. The van der Waals surface area contributed by atoms with E-state index in [4.69, 9.17) is 4.74 Å². The van der Waals surface area contributed by atoms with Gasteiger partial charge in [-0.2, -0.15) is 0 Å². The van der Waals surface area contributed by atoms with E-state index in [1.54, 1.807) is 0 Å². The Morgan fingerprint density at radius 3 is 2.38 bits per heavy atom. The summed E-state index contributed by atoms with van der Waals surface area (Å²) >= 11 is 3.16. The van der Waals surface area contributed by atoms with E-state index in [0.29, 0.717) is 10.2 Å². The number of hydrogen-bond acceptors (Lipinski definition) is 3. The number of nitrogens with one attached hydrogen (secondary N) is 1. The van der Waals surface area contributed by atoms with Crippen molar-refractivity contribution in [3.05, 3.63) is 62.9 Å². The molecule has 4 nitrogen and oxygen atoms in total. The molecular weight excluding hydrogens is 377 g/mol. The van der Waals surface area contributed by atoms with Crippen LogP contribution in [0.4, 0.5) is 10.1 Å². The minimum atomic E-state index is -0.888. The number of carbonyl (C=O) groups excluding carboxylic acids is 2. The lowest BCUT2D eigenvalue weighted by Gasteiger charge is -2.13. The van der Waals surface area contributed by atoms with Crippen LogP contribution in [-0.4, -0.2) is 18.5 Å². The number of aryl methyl sites for hydroxylation is 3. The summed E-state index contributed by atoms with van der Waals surface area (Å²) in [6, 6.07) is 7.84. The van der Waals surface area contributed by atoms with Gasteiger partial charge in [0.25, 0.3) is 5.91 Å². The maximum Gasteiger partial charge on any atom is 0.341 e. The molecule has 0 saturated heterocycles. The van der Waals surface area contributed by atoms with Crippen molar-refractivity contribution in [2.24, 2.45) is 0 Å². The second-order valence-corrected chi connectivity index (χ2v) is 6.44. The molecule has 6 heteroatoms. The van der Waals surface area contributed by atoms with Crippen LogP contribution in [0, 0.1) is 26.6 Å². The molecule has 1 amide bonds. The molecule has 0 aliphatic heterocycles. The molecule has 0 heterocycles. The molecule has 0 spiro atoms. The van der Waals surface area contributed by atoms with Crippen LogP contribution in [0.15, 0.2) is 34.8 Å². The highest BCUT2D eigenvalue weighted by Gasteiger charge is 2.16. The minimum Gasteiger partial charge on any atom is -0.452 e. The van der Waals surface area contributed by atoms with E-state index in [9.17, 15) is 14.0 Å². The van der Waals surface area contributed by atoms with Gasteiger partial charge >= 0.3 is 5.97 Å². The molecule has 0 atom stereocenters. The third kappa shape index (κ3) is 4.41. The first-order valence-corrected chi connectivity index (χ1v) is 8.07. The van der Waals surface area contributed by atoms with E-state index in [0.717, 1.165) is 22.8 Å². The van der Waals surface area contributed by atoms with E-state index >= 15 is 0 Å². The van der Waals surface area contributed by atoms with Crippen LogP contribution < -0.4 is 5.32 Å². The highest BCUT2D eigenvalue weighted by Crippen LogP contribution is 2.22. The first kappa shape index (κ1) is 18.1.